The quantitative estimate of drug-likeness (QED) is 0.667. The average molecular weight is 255 g/mol. The van der Waals surface area contributed by atoms with Gasteiger partial charge in [0.05, 0.1) is 12.2 Å². The van der Waals surface area contributed by atoms with Crippen molar-refractivity contribution in [2.45, 2.75) is 33.4 Å². The molecule has 6 heteroatoms. The lowest BCUT2D eigenvalue weighted by Crippen LogP contribution is -2.30. The van der Waals surface area contributed by atoms with Gasteiger partial charge in [-0.05, 0) is 11.8 Å². The number of hydrogen-bond acceptors (Lipinski definition) is 5. The molecule has 104 valence electrons. The molecule has 0 aromatic carbocycles. The molecule has 18 heavy (non-hydrogen) atoms. The highest BCUT2D eigenvalue weighted by Gasteiger charge is 2.16. The second-order valence-electron chi connectivity index (χ2n) is 5.27. The predicted molar refractivity (Wildman–Crippen MR) is 71.1 cm³/mol. The van der Waals surface area contributed by atoms with E-state index in [1.807, 2.05) is 6.20 Å². The van der Waals surface area contributed by atoms with Gasteiger partial charge in [0.25, 0.3) is 0 Å². The molecule has 0 saturated carbocycles. The van der Waals surface area contributed by atoms with Crippen molar-refractivity contribution in [2.75, 3.05) is 26.8 Å². The zero-order chi connectivity index (χ0) is 13.4. The van der Waals surface area contributed by atoms with Crippen LogP contribution in [0.4, 0.5) is 0 Å². The second kappa shape index (κ2) is 7.45. The molecule has 0 bridgehead atoms. The predicted octanol–water partition coefficient (Wildman–Crippen LogP) is 0.389. The van der Waals surface area contributed by atoms with Crippen molar-refractivity contribution >= 4 is 0 Å². The monoisotopic (exact) mass is 255 g/mol. The summed E-state index contributed by atoms with van der Waals surface area (Å²) in [4.78, 5) is 0. The number of aromatic nitrogens is 3. The van der Waals surface area contributed by atoms with Gasteiger partial charge in [-0.1, -0.05) is 19.1 Å². The lowest BCUT2D eigenvalue weighted by molar-refractivity contribution is 0.150. The van der Waals surface area contributed by atoms with Crippen molar-refractivity contribution in [1.82, 2.24) is 20.3 Å². The summed E-state index contributed by atoms with van der Waals surface area (Å²) in [5.74, 6) is 0. The largest absolute Gasteiger partial charge is 0.385 e. The highest BCUT2D eigenvalue weighted by molar-refractivity contribution is 4.91. The fourth-order valence-electron chi connectivity index (χ4n) is 1.66. The molecule has 3 N–H and O–H groups in total. The highest BCUT2D eigenvalue weighted by atomic mass is 16.5. The molecule has 0 radical (unpaired) electrons. The topological polar surface area (TPSA) is 78.0 Å². The summed E-state index contributed by atoms with van der Waals surface area (Å²) in [7, 11) is 1.74. The molecule has 0 aliphatic rings. The van der Waals surface area contributed by atoms with Crippen LogP contribution in [0.5, 0.6) is 0 Å². The minimum atomic E-state index is 0.225. The number of nitrogens with zero attached hydrogens (tertiary/aromatic N) is 3. The molecule has 0 spiro atoms. The van der Waals surface area contributed by atoms with Gasteiger partial charge >= 0.3 is 0 Å². The van der Waals surface area contributed by atoms with Crippen LogP contribution in [0.3, 0.4) is 0 Å². The van der Waals surface area contributed by atoms with Crippen molar-refractivity contribution in [3.05, 3.63) is 11.9 Å². The molecule has 1 rings (SSSR count). The van der Waals surface area contributed by atoms with E-state index in [0.29, 0.717) is 13.1 Å². The molecule has 0 amide bonds. The molecule has 1 aromatic rings. The third-order valence-corrected chi connectivity index (χ3v) is 2.84. The normalized spacial score (nSPS) is 12.0. The Bertz CT molecular complexity index is 337. The lowest BCUT2D eigenvalue weighted by Gasteiger charge is -2.24. The molecule has 0 saturated heterocycles. The van der Waals surface area contributed by atoms with E-state index in [-0.39, 0.29) is 5.41 Å². The van der Waals surface area contributed by atoms with Crippen molar-refractivity contribution < 1.29 is 4.74 Å². The van der Waals surface area contributed by atoms with Gasteiger partial charge in [0.2, 0.25) is 0 Å². The molecule has 0 atom stereocenters. The van der Waals surface area contributed by atoms with E-state index in [1.54, 1.807) is 11.8 Å². The molecule has 0 fully saturated rings. The van der Waals surface area contributed by atoms with Crippen molar-refractivity contribution in [3.8, 4) is 0 Å². The molecule has 0 aliphatic carbocycles. The van der Waals surface area contributed by atoms with Crippen molar-refractivity contribution in [2.24, 2.45) is 11.1 Å². The van der Waals surface area contributed by atoms with E-state index < -0.39 is 0 Å². The molecule has 0 aliphatic heterocycles. The average Bonchev–Trinajstić information content (AvgIpc) is 2.75. The van der Waals surface area contributed by atoms with Gasteiger partial charge in [0, 0.05) is 39.5 Å². The van der Waals surface area contributed by atoms with Gasteiger partial charge in [0.1, 0.15) is 0 Å². The summed E-state index contributed by atoms with van der Waals surface area (Å²) in [5.41, 5.74) is 6.63. The Balaban J connectivity index is 2.27. The highest BCUT2D eigenvalue weighted by Crippen LogP contribution is 2.18. The van der Waals surface area contributed by atoms with Gasteiger partial charge in [-0.25, -0.2) is 0 Å². The minimum absolute atomic E-state index is 0.225. The maximum atomic E-state index is 5.46. The Morgan fingerprint density at radius 2 is 2.28 bits per heavy atom. The van der Waals surface area contributed by atoms with E-state index >= 15 is 0 Å². The van der Waals surface area contributed by atoms with Crippen LogP contribution in [0.25, 0.3) is 0 Å². The molecular weight excluding hydrogens is 230 g/mol. The minimum Gasteiger partial charge on any atom is -0.385 e. The van der Waals surface area contributed by atoms with Crippen LogP contribution >= 0.6 is 0 Å². The van der Waals surface area contributed by atoms with Gasteiger partial charge in [-0.3, -0.25) is 4.68 Å². The summed E-state index contributed by atoms with van der Waals surface area (Å²) < 4.78 is 6.88. The lowest BCUT2D eigenvalue weighted by atomic mass is 9.90. The third-order valence-electron chi connectivity index (χ3n) is 2.84. The number of rotatable bonds is 9. The van der Waals surface area contributed by atoms with E-state index in [4.69, 9.17) is 10.5 Å². The van der Waals surface area contributed by atoms with Crippen LogP contribution in [0.15, 0.2) is 6.20 Å². The molecule has 1 aromatic heterocycles. The van der Waals surface area contributed by atoms with Gasteiger partial charge in [-0.15, -0.1) is 5.10 Å². The summed E-state index contributed by atoms with van der Waals surface area (Å²) >= 11 is 0. The van der Waals surface area contributed by atoms with Crippen LogP contribution in [0.2, 0.25) is 0 Å². The summed E-state index contributed by atoms with van der Waals surface area (Å²) in [6, 6.07) is 0. The van der Waals surface area contributed by atoms with Crippen LogP contribution in [-0.4, -0.2) is 41.8 Å². The van der Waals surface area contributed by atoms with Gasteiger partial charge < -0.3 is 15.8 Å². The smallest absolute Gasteiger partial charge is 0.0964 e. The Hall–Kier alpha value is -0.980. The number of hydrogen-bond donors (Lipinski definition) is 2. The fourth-order valence-corrected chi connectivity index (χ4v) is 1.66. The van der Waals surface area contributed by atoms with Gasteiger partial charge in [-0.2, -0.15) is 0 Å². The third kappa shape index (κ3) is 5.57. The van der Waals surface area contributed by atoms with Crippen LogP contribution in [0.1, 0.15) is 26.0 Å². The van der Waals surface area contributed by atoms with E-state index in [9.17, 15) is 0 Å². The standard InChI is InChI=1S/C12H25N5O/c1-12(2,4-7-18-3)10-14-8-11-9-17(6-5-13)16-15-11/h9,14H,4-8,10,13H2,1-3H3. The van der Waals surface area contributed by atoms with Crippen molar-refractivity contribution in [3.63, 3.8) is 0 Å². The van der Waals surface area contributed by atoms with Crippen molar-refractivity contribution in [1.29, 1.82) is 0 Å². The number of nitrogens with two attached hydrogens (primary N) is 1. The Morgan fingerprint density at radius 3 is 2.94 bits per heavy atom. The van der Waals surface area contributed by atoms with Gasteiger partial charge in [0.15, 0.2) is 0 Å². The molecule has 6 nitrogen and oxygen atoms in total. The van der Waals surface area contributed by atoms with E-state index in [2.05, 4.69) is 29.5 Å². The Kier molecular flexibility index (Phi) is 6.24. The first-order valence-electron chi connectivity index (χ1n) is 6.36. The molecule has 0 unspecified atom stereocenters. The maximum Gasteiger partial charge on any atom is 0.0964 e. The molecular formula is C12H25N5O. The zero-order valence-corrected chi connectivity index (χ0v) is 11.6. The first-order valence-corrected chi connectivity index (χ1v) is 6.36. The van der Waals surface area contributed by atoms with Crippen LogP contribution in [-0.2, 0) is 17.8 Å². The zero-order valence-electron chi connectivity index (χ0n) is 11.6. The maximum absolute atomic E-state index is 5.46. The Labute approximate surface area is 109 Å². The first-order chi connectivity index (χ1) is 8.57. The first kappa shape index (κ1) is 15.1. The Morgan fingerprint density at radius 1 is 1.50 bits per heavy atom. The number of methoxy groups -OCH3 is 1. The van der Waals surface area contributed by atoms with E-state index in [1.165, 1.54) is 0 Å². The molecule has 1 heterocycles. The summed E-state index contributed by atoms with van der Waals surface area (Å²) in [6.07, 6.45) is 2.97. The number of nitrogens with one attached hydrogen (secondary N) is 1. The fraction of sp³-hybridized carbons (Fsp3) is 0.833. The number of ether oxygens (including phenoxy) is 1. The van der Waals surface area contributed by atoms with Crippen LogP contribution < -0.4 is 11.1 Å². The summed E-state index contributed by atoms with van der Waals surface area (Å²) in [5, 5.41) is 11.5. The SMILES string of the molecule is COCCC(C)(C)CNCc1cn(CCN)nn1. The van der Waals surface area contributed by atoms with E-state index in [0.717, 1.165) is 31.8 Å². The summed E-state index contributed by atoms with van der Waals surface area (Å²) in [6.45, 7) is 8.21. The van der Waals surface area contributed by atoms with Crippen LogP contribution in [0, 0.1) is 5.41 Å². The second-order valence-corrected chi connectivity index (χ2v) is 5.27.